The molecule has 2 rings (SSSR count). The molecule has 0 amide bonds. The lowest BCUT2D eigenvalue weighted by Gasteiger charge is -2.10. The van der Waals surface area contributed by atoms with Crippen molar-refractivity contribution < 1.29 is 20.4 Å². The van der Waals surface area contributed by atoms with E-state index < -0.39 is 0 Å². The first kappa shape index (κ1) is 23.2. The van der Waals surface area contributed by atoms with Gasteiger partial charge in [-0.25, -0.2) is 0 Å². The molecule has 2 aromatic rings. The molecule has 4 nitrogen and oxygen atoms in total. The van der Waals surface area contributed by atoms with Crippen molar-refractivity contribution in [2.24, 2.45) is 0 Å². The lowest BCUT2D eigenvalue weighted by atomic mass is 10.0. The van der Waals surface area contributed by atoms with Gasteiger partial charge < -0.3 is 20.4 Å². The topological polar surface area (TPSA) is 80.9 Å². The van der Waals surface area contributed by atoms with E-state index >= 15 is 0 Å². The quantitative estimate of drug-likeness (QED) is 0.449. The van der Waals surface area contributed by atoms with Crippen LogP contribution in [0.2, 0.25) is 0 Å². The highest BCUT2D eigenvalue weighted by molar-refractivity contribution is 5.50. The fourth-order valence-electron chi connectivity index (χ4n) is 2.98. The van der Waals surface area contributed by atoms with Crippen LogP contribution in [-0.4, -0.2) is 20.4 Å². The molecule has 0 fully saturated rings. The highest BCUT2D eigenvalue weighted by Crippen LogP contribution is 2.32. The minimum absolute atomic E-state index is 0.107. The molecule has 28 heavy (non-hydrogen) atoms. The smallest absolute Gasteiger partial charge is 0.126 e. The standard InChI is InChI=1S/C12H18O2.C12H14O2/c2*1-3-5-9-7-8-11(13)10(6-4-2)12(9)14/h7-8,13-14H,3-6H2,1-2H3;3-4,7-8,13-14H,1-2,5-6H2. The zero-order valence-electron chi connectivity index (χ0n) is 16.9. The van der Waals surface area contributed by atoms with Crippen LogP contribution in [-0.2, 0) is 25.7 Å². The molecule has 0 heterocycles. The van der Waals surface area contributed by atoms with Crippen molar-refractivity contribution in [3.05, 3.63) is 71.8 Å². The summed E-state index contributed by atoms with van der Waals surface area (Å²) >= 11 is 0. The molecule has 0 aromatic heterocycles. The zero-order valence-corrected chi connectivity index (χ0v) is 16.9. The number of rotatable bonds is 8. The molecule has 0 unspecified atom stereocenters. The molecule has 152 valence electrons. The Morgan fingerprint density at radius 3 is 1.71 bits per heavy atom. The Bertz CT molecular complexity index is 794. The van der Waals surface area contributed by atoms with E-state index in [0.29, 0.717) is 24.0 Å². The van der Waals surface area contributed by atoms with Gasteiger partial charge in [0.1, 0.15) is 23.0 Å². The first-order valence-corrected chi connectivity index (χ1v) is 9.68. The van der Waals surface area contributed by atoms with Gasteiger partial charge >= 0.3 is 0 Å². The highest BCUT2D eigenvalue weighted by Gasteiger charge is 2.11. The maximum Gasteiger partial charge on any atom is 0.126 e. The van der Waals surface area contributed by atoms with E-state index in [9.17, 15) is 20.4 Å². The molecule has 0 aliphatic rings. The number of hydrogen-bond acceptors (Lipinski definition) is 4. The van der Waals surface area contributed by atoms with Gasteiger partial charge in [0.25, 0.3) is 0 Å². The number of benzene rings is 2. The van der Waals surface area contributed by atoms with Crippen molar-refractivity contribution in [3.8, 4) is 23.0 Å². The Morgan fingerprint density at radius 1 is 0.679 bits per heavy atom. The number of aromatic hydroxyl groups is 4. The fourth-order valence-corrected chi connectivity index (χ4v) is 2.98. The molecule has 0 saturated heterocycles. The maximum atomic E-state index is 9.87. The lowest BCUT2D eigenvalue weighted by Crippen LogP contribution is -1.91. The van der Waals surface area contributed by atoms with Gasteiger partial charge in [-0.1, -0.05) is 51.0 Å². The van der Waals surface area contributed by atoms with Crippen LogP contribution >= 0.6 is 0 Å². The van der Waals surface area contributed by atoms with Crippen LogP contribution in [0.25, 0.3) is 0 Å². The van der Waals surface area contributed by atoms with Gasteiger partial charge in [-0.15, -0.1) is 13.2 Å². The summed E-state index contributed by atoms with van der Waals surface area (Å²) in [7, 11) is 0. The second-order valence-electron chi connectivity index (χ2n) is 6.63. The van der Waals surface area contributed by atoms with Crippen LogP contribution in [0.5, 0.6) is 23.0 Å². The first-order valence-electron chi connectivity index (χ1n) is 9.68. The van der Waals surface area contributed by atoms with Gasteiger partial charge in [-0.2, -0.15) is 0 Å². The van der Waals surface area contributed by atoms with Gasteiger partial charge in [-0.05, 0) is 48.9 Å². The van der Waals surface area contributed by atoms with Gasteiger partial charge in [0.2, 0.25) is 0 Å². The summed E-state index contributed by atoms with van der Waals surface area (Å²) < 4.78 is 0. The van der Waals surface area contributed by atoms with Crippen LogP contribution in [0.1, 0.15) is 48.9 Å². The molecular weight excluding hydrogens is 352 g/mol. The molecule has 0 saturated carbocycles. The zero-order chi connectivity index (χ0) is 21.1. The van der Waals surface area contributed by atoms with Crippen LogP contribution < -0.4 is 0 Å². The Balaban J connectivity index is 0.000000280. The second kappa shape index (κ2) is 11.8. The lowest BCUT2D eigenvalue weighted by molar-refractivity contribution is 0.432. The van der Waals surface area contributed by atoms with Crippen LogP contribution in [0.4, 0.5) is 0 Å². The van der Waals surface area contributed by atoms with E-state index in [1.54, 1.807) is 36.4 Å². The van der Waals surface area contributed by atoms with Crippen molar-refractivity contribution in [3.63, 3.8) is 0 Å². The van der Waals surface area contributed by atoms with Crippen molar-refractivity contribution in [1.82, 2.24) is 0 Å². The molecule has 0 bridgehead atoms. The van der Waals surface area contributed by atoms with E-state index in [-0.39, 0.29) is 23.0 Å². The van der Waals surface area contributed by atoms with E-state index in [4.69, 9.17) is 0 Å². The summed E-state index contributed by atoms with van der Waals surface area (Å²) in [6, 6.07) is 6.75. The van der Waals surface area contributed by atoms with Crippen molar-refractivity contribution >= 4 is 0 Å². The van der Waals surface area contributed by atoms with Crippen LogP contribution in [0, 0.1) is 0 Å². The SMILES string of the molecule is C=CCc1ccc(O)c(CC=C)c1O.CCCc1ccc(O)c(CCC)c1O. The Hall–Kier alpha value is -2.88. The molecule has 0 aliphatic carbocycles. The van der Waals surface area contributed by atoms with Crippen LogP contribution in [0.15, 0.2) is 49.6 Å². The second-order valence-corrected chi connectivity index (χ2v) is 6.63. The molecule has 0 aliphatic heterocycles. The van der Waals surface area contributed by atoms with Gasteiger partial charge in [0.15, 0.2) is 0 Å². The normalized spacial score (nSPS) is 10.1. The highest BCUT2D eigenvalue weighted by atomic mass is 16.3. The van der Waals surface area contributed by atoms with Crippen molar-refractivity contribution in [1.29, 1.82) is 0 Å². The van der Waals surface area contributed by atoms with Crippen molar-refractivity contribution in [2.45, 2.75) is 52.4 Å². The minimum Gasteiger partial charge on any atom is -0.508 e. The molecular formula is C24H32O4. The van der Waals surface area contributed by atoms with E-state index in [0.717, 1.165) is 36.8 Å². The molecule has 2 aromatic carbocycles. The minimum atomic E-state index is 0.107. The van der Waals surface area contributed by atoms with E-state index in [1.807, 2.05) is 6.92 Å². The Morgan fingerprint density at radius 2 is 1.18 bits per heavy atom. The molecule has 4 N–H and O–H groups in total. The monoisotopic (exact) mass is 384 g/mol. The van der Waals surface area contributed by atoms with Gasteiger partial charge in [0.05, 0.1) is 0 Å². The third kappa shape index (κ3) is 6.08. The van der Waals surface area contributed by atoms with Crippen molar-refractivity contribution in [2.75, 3.05) is 0 Å². The third-order valence-corrected chi connectivity index (χ3v) is 4.42. The molecule has 4 heteroatoms. The predicted molar refractivity (Wildman–Crippen MR) is 115 cm³/mol. The molecule has 0 atom stereocenters. The summed E-state index contributed by atoms with van der Waals surface area (Å²) in [6.45, 7) is 11.3. The number of aryl methyl sites for hydroxylation is 1. The Labute approximate surface area is 168 Å². The first-order chi connectivity index (χ1) is 13.4. The van der Waals surface area contributed by atoms with Gasteiger partial charge in [0, 0.05) is 11.1 Å². The average Bonchev–Trinajstić information content (AvgIpc) is 2.67. The number of allylic oxidation sites excluding steroid dienone is 2. The van der Waals surface area contributed by atoms with E-state index in [2.05, 4.69) is 20.1 Å². The summed E-state index contributed by atoms with van der Waals surface area (Å²) in [5, 5.41) is 38.7. The largest absolute Gasteiger partial charge is 0.508 e. The fraction of sp³-hybridized carbons (Fsp3) is 0.333. The summed E-state index contributed by atoms with van der Waals surface area (Å²) in [5.41, 5.74) is 2.93. The number of phenolic OH excluding ortho intramolecular Hbond substituents is 4. The maximum absolute atomic E-state index is 9.87. The summed E-state index contributed by atoms with van der Waals surface area (Å²) in [4.78, 5) is 0. The summed E-state index contributed by atoms with van der Waals surface area (Å²) in [5.74, 6) is 0.748. The molecule has 0 spiro atoms. The predicted octanol–water partition coefficient (Wildman–Crippen LogP) is 5.56. The van der Waals surface area contributed by atoms with Crippen LogP contribution in [0.3, 0.4) is 0 Å². The molecule has 0 radical (unpaired) electrons. The number of hydrogen-bond donors (Lipinski definition) is 4. The van der Waals surface area contributed by atoms with Gasteiger partial charge in [-0.3, -0.25) is 0 Å². The van der Waals surface area contributed by atoms with E-state index in [1.165, 1.54) is 0 Å². The third-order valence-electron chi connectivity index (χ3n) is 4.42. The summed E-state index contributed by atoms with van der Waals surface area (Å²) in [6.07, 6.45) is 7.94. The number of phenols is 4. The Kier molecular flexibility index (Phi) is 9.72. The average molecular weight is 385 g/mol.